The Balaban J connectivity index is 1.23. The molecule has 6 rings (SSSR count). The molecule has 3 N–H and O–H groups in total. The lowest BCUT2D eigenvalue weighted by Gasteiger charge is -2.56. The fourth-order valence-electron chi connectivity index (χ4n) is 6.30. The molecular formula is C20H25N3O5S. The number of amides is 2. The molecule has 1 aromatic carbocycles. The van der Waals surface area contributed by atoms with Crippen LogP contribution in [0.1, 0.15) is 44.9 Å². The van der Waals surface area contributed by atoms with Crippen LogP contribution in [-0.4, -0.2) is 26.8 Å². The maximum Gasteiger partial charge on any atom is 0.262 e. The Morgan fingerprint density at radius 1 is 1.14 bits per heavy atom. The highest BCUT2D eigenvalue weighted by Crippen LogP contribution is 2.61. The van der Waals surface area contributed by atoms with Gasteiger partial charge >= 0.3 is 0 Å². The van der Waals surface area contributed by atoms with Gasteiger partial charge in [-0.3, -0.25) is 15.0 Å². The first-order valence-electron chi connectivity index (χ1n) is 10.2. The lowest BCUT2D eigenvalue weighted by atomic mass is 9.49. The summed E-state index contributed by atoms with van der Waals surface area (Å²) in [7, 11) is -3.96. The van der Waals surface area contributed by atoms with Crippen LogP contribution in [0.3, 0.4) is 0 Å². The molecule has 0 atom stereocenters. The topological polar surface area (TPSA) is 114 Å². The molecule has 4 aliphatic carbocycles. The van der Waals surface area contributed by atoms with Crippen molar-refractivity contribution >= 4 is 27.5 Å². The van der Waals surface area contributed by atoms with Gasteiger partial charge in [-0.2, -0.15) is 0 Å². The summed E-state index contributed by atoms with van der Waals surface area (Å²) in [6.07, 6.45) is 7.52. The molecule has 1 aromatic rings. The van der Waals surface area contributed by atoms with Gasteiger partial charge in [-0.15, -0.1) is 4.83 Å². The van der Waals surface area contributed by atoms with Crippen molar-refractivity contribution in [1.29, 1.82) is 0 Å². The molecule has 156 valence electrons. The number of benzene rings is 1. The Morgan fingerprint density at radius 2 is 1.79 bits per heavy atom. The van der Waals surface area contributed by atoms with E-state index in [0.717, 1.165) is 37.0 Å². The predicted molar refractivity (Wildman–Crippen MR) is 104 cm³/mol. The summed E-state index contributed by atoms with van der Waals surface area (Å²) in [5, 5.41) is 2.58. The van der Waals surface area contributed by atoms with Crippen LogP contribution in [0.25, 0.3) is 0 Å². The molecule has 4 saturated carbocycles. The molecule has 0 radical (unpaired) electrons. The van der Waals surface area contributed by atoms with Gasteiger partial charge in [-0.05, 0) is 79.9 Å². The summed E-state index contributed by atoms with van der Waals surface area (Å²) >= 11 is 0. The summed E-state index contributed by atoms with van der Waals surface area (Å²) in [4.78, 5) is 26.1. The van der Waals surface area contributed by atoms with Gasteiger partial charge in [0.25, 0.3) is 15.9 Å². The van der Waals surface area contributed by atoms with Crippen molar-refractivity contribution in [3.8, 4) is 5.75 Å². The fraction of sp³-hybridized carbons (Fsp3) is 0.600. The van der Waals surface area contributed by atoms with E-state index in [1.54, 1.807) is 0 Å². The molecule has 9 heteroatoms. The van der Waals surface area contributed by atoms with Gasteiger partial charge in [0.05, 0.1) is 10.6 Å². The molecular weight excluding hydrogens is 394 g/mol. The summed E-state index contributed by atoms with van der Waals surface area (Å²) < 4.78 is 30.4. The van der Waals surface area contributed by atoms with Crippen LogP contribution in [-0.2, 0) is 19.6 Å². The van der Waals surface area contributed by atoms with Gasteiger partial charge < -0.3 is 10.1 Å². The molecule has 1 aliphatic heterocycles. The summed E-state index contributed by atoms with van der Waals surface area (Å²) in [5.74, 6) is 1.99. The zero-order valence-corrected chi connectivity index (χ0v) is 16.9. The van der Waals surface area contributed by atoms with E-state index in [-0.39, 0.29) is 28.7 Å². The zero-order chi connectivity index (χ0) is 20.2. The Hall–Kier alpha value is -2.13. The van der Waals surface area contributed by atoms with Gasteiger partial charge in [0.1, 0.15) is 5.75 Å². The van der Waals surface area contributed by atoms with Crippen LogP contribution in [0.5, 0.6) is 5.75 Å². The first-order chi connectivity index (χ1) is 13.8. The summed E-state index contributed by atoms with van der Waals surface area (Å²) in [6.45, 7) is -0.0995. The van der Waals surface area contributed by atoms with Gasteiger partial charge in [-0.1, -0.05) is 0 Å². The first-order valence-corrected chi connectivity index (χ1v) is 11.7. The number of anilines is 1. The van der Waals surface area contributed by atoms with E-state index in [2.05, 4.69) is 15.6 Å². The summed E-state index contributed by atoms with van der Waals surface area (Å²) in [5.41, 5.74) is 2.72. The molecule has 4 fully saturated rings. The maximum absolute atomic E-state index is 12.6. The number of rotatable bonds is 5. The smallest absolute Gasteiger partial charge is 0.262 e. The molecule has 29 heavy (non-hydrogen) atoms. The third kappa shape index (κ3) is 3.61. The third-order valence-corrected chi connectivity index (χ3v) is 8.16. The van der Waals surface area contributed by atoms with Crippen molar-refractivity contribution in [2.75, 3.05) is 11.9 Å². The van der Waals surface area contributed by atoms with Gasteiger partial charge in [0.2, 0.25) is 5.91 Å². The van der Waals surface area contributed by atoms with Crippen LogP contribution < -0.4 is 20.3 Å². The van der Waals surface area contributed by atoms with E-state index in [0.29, 0.717) is 17.9 Å². The van der Waals surface area contributed by atoms with E-state index in [9.17, 15) is 18.0 Å². The molecule has 4 bridgehead atoms. The SMILES string of the molecule is O=C(CC12CC3CC(CC(C3)C1)C2)NNS(=O)(=O)c1ccc2c(c1)NC(=O)CO2. The Bertz CT molecular complexity index is 939. The van der Waals surface area contributed by atoms with Crippen LogP contribution in [0.2, 0.25) is 0 Å². The number of hydrogen-bond acceptors (Lipinski definition) is 5. The minimum atomic E-state index is -3.96. The monoisotopic (exact) mass is 419 g/mol. The Morgan fingerprint density at radius 3 is 2.45 bits per heavy atom. The summed E-state index contributed by atoms with van der Waals surface area (Å²) in [6, 6.07) is 4.18. The van der Waals surface area contributed by atoms with Gasteiger partial charge in [-0.25, -0.2) is 8.42 Å². The average Bonchev–Trinajstić information content (AvgIpc) is 2.64. The highest BCUT2D eigenvalue weighted by Gasteiger charge is 2.51. The Kier molecular flexibility index (Phi) is 4.36. The second kappa shape index (κ2) is 6.70. The second-order valence-electron chi connectivity index (χ2n) is 9.24. The van der Waals surface area contributed by atoms with E-state index < -0.39 is 10.0 Å². The van der Waals surface area contributed by atoms with E-state index in [1.165, 1.54) is 37.5 Å². The number of carbonyl (C=O) groups is 2. The number of nitrogens with one attached hydrogen (secondary N) is 3. The first kappa shape index (κ1) is 18.9. The van der Waals surface area contributed by atoms with Crippen LogP contribution >= 0.6 is 0 Å². The lowest BCUT2D eigenvalue weighted by molar-refractivity contribution is -0.129. The minimum absolute atomic E-state index is 0.0394. The number of carbonyl (C=O) groups excluding carboxylic acids is 2. The van der Waals surface area contributed by atoms with Crippen molar-refractivity contribution in [3.05, 3.63) is 18.2 Å². The van der Waals surface area contributed by atoms with Crippen LogP contribution in [0.4, 0.5) is 5.69 Å². The Labute approximate surface area is 169 Å². The van der Waals surface area contributed by atoms with Gasteiger partial charge in [0.15, 0.2) is 6.61 Å². The third-order valence-electron chi connectivity index (χ3n) is 6.92. The maximum atomic E-state index is 12.6. The largest absolute Gasteiger partial charge is 0.482 e. The molecule has 0 aromatic heterocycles. The van der Waals surface area contributed by atoms with Crippen molar-refractivity contribution in [3.63, 3.8) is 0 Å². The fourth-order valence-corrected chi connectivity index (χ4v) is 7.19. The molecule has 1 heterocycles. The molecule has 0 unspecified atom stereocenters. The minimum Gasteiger partial charge on any atom is -0.482 e. The highest BCUT2D eigenvalue weighted by atomic mass is 32.2. The number of fused-ring (bicyclic) bond motifs is 1. The van der Waals surface area contributed by atoms with E-state index in [4.69, 9.17) is 4.74 Å². The van der Waals surface area contributed by atoms with Crippen LogP contribution in [0, 0.1) is 23.2 Å². The predicted octanol–water partition coefficient (Wildman–Crippen LogP) is 1.93. The zero-order valence-electron chi connectivity index (χ0n) is 16.1. The molecule has 0 saturated heterocycles. The van der Waals surface area contributed by atoms with Crippen molar-refractivity contribution < 1.29 is 22.7 Å². The van der Waals surface area contributed by atoms with Crippen molar-refractivity contribution in [1.82, 2.24) is 10.3 Å². The molecule has 8 nitrogen and oxygen atoms in total. The quantitative estimate of drug-likeness (QED) is 0.631. The number of hydrogen-bond donors (Lipinski definition) is 3. The lowest BCUT2D eigenvalue weighted by Crippen LogP contribution is -2.50. The standard InChI is InChI=1S/C20H25N3O5S/c24-18(10-20-7-12-3-13(8-20)5-14(4-12)9-20)22-23-29(26,27)15-1-2-17-16(6-15)21-19(25)11-28-17/h1-2,6,12-14,23H,3-5,7-11H2,(H,21,25)(H,22,24). The number of sulfonamides is 1. The molecule has 2 amide bonds. The average molecular weight is 420 g/mol. The van der Waals surface area contributed by atoms with Crippen molar-refractivity contribution in [2.24, 2.45) is 23.2 Å². The molecule has 5 aliphatic rings. The highest BCUT2D eigenvalue weighted by molar-refractivity contribution is 7.89. The number of ether oxygens (including phenoxy) is 1. The van der Waals surface area contributed by atoms with Crippen molar-refractivity contribution in [2.45, 2.75) is 49.8 Å². The van der Waals surface area contributed by atoms with Gasteiger partial charge in [0, 0.05) is 6.42 Å². The van der Waals surface area contributed by atoms with Crippen LogP contribution in [0.15, 0.2) is 23.1 Å². The second-order valence-corrected chi connectivity index (χ2v) is 10.9. The normalized spacial score (nSPS) is 32.3. The van der Waals surface area contributed by atoms with E-state index >= 15 is 0 Å². The molecule has 0 spiro atoms. The number of hydrazine groups is 1. The van der Waals surface area contributed by atoms with E-state index in [1.807, 2.05) is 0 Å².